The van der Waals surface area contributed by atoms with Crippen LogP contribution < -0.4 is 5.73 Å². The van der Waals surface area contributed by atoms with Gasteiger partial charge in [-0.1, -0.05) is 6.92 Å². The molecule has 1 aromatic rings. The Morgan fingerprint density at radius 3 is 3.06 bits per heavy atom. The summed E-state index contributed by atoms with van der Waals surface area (Å²) in [5.41, 5.74) is 5.37. The predicted molar refractivity (Wildman–Crippen MR) is 59.9 cm³/mol. The second-order valence-corrected chi connectivity index (χ2v) is 4.31. The zero-order valence-corrected chi connectivity index (χ0v) is 9.85. The number of nitrogens with two attached hydrogens (primary N) is 1. The van der Waals surface area contributed by atoms with E-state index in [2.05, 4.69) is 15.5 Å². The lowest BCUT2D eigenvalue weighted by molar-refractivity contribution is -0.137. The Hall–Kier alpha value is -1.15. The zero-order chi connectivity index (χ0) is 12.0. The number of hydrogen-bond acceptors (Lipinski definition) is 6. The largest absolute Gasteiger partial charge is 0.480 e. The number of aromatic nitrogens is 4. The minimum atomic E-state index is -0.986. The number of carboxylic acid groups (broad SMARTS) is 1. The van der Waals surface area contributed by atoms with Gasteiger partial charge >= 0.3 is 5.97 Å². The van der Waals surface area contributed by atoms with Crippen LogP contribution in [0.5, 0.6) is 0 Å². The normalized spacial score (nSPS) is 12.6. The third kappa shape index (κ3) is 3.78. The lowest BCUT2D eigenvalue weighted by Gasteiger charge is -2.05. The molecule has 0 aliphatic carbocycles. The fourth-order valence-corrected chi connectivity index (χ4v) is 1.96. The second kappa shape index (κ2) is 6.44. The van der Waals surface area contributed by atoms with Gasteiger partial charge in [-0.15, -0.1) is 5.10 Å². The van der Waals surface area contributed by atoms with Crippen LogP contribution in [0, 0.1) is 0 Å². The van der Waals surface area contributed by atoms with E-state index >= 15 is 0 Å². The van der Waals surface area contributed by atoms with Crippen molar-refractivity contribution in [3.05, 3.63) is 5.82 Å². The molecule has 1 aromatic heterocycles. The van der Waals surface area contributed by atoms with Crippen molar-refractivity contribution in [3.8, 4) is 0 Å². The molecule has 1 rings (SSSR count). The standard InChI is InChI=1S/C8H15N5O2S/c1-2-3-13-7(10-11-12-13)5-16-4-6(9)8(14)15/h6H,2-5,9H2,1H3,(H,14,15). The molecule has 7 nitrogen and oxygen atoms in total. The highest BCUT2D eigenvalue weighted by atomic mass is 32.2. The van der Waals surface area contributed by atoms with Gasteiger partial charge in [0.25, 0.3) is 0 Å². The molecule has 0 radical (unpaired) electrons. The van der Waals surface area contributed by atoms with Gasteiger partial charge in [0.15, 0.2) is 5.82 Å². The summed E-state index contributed by atoms with van der Waals surface area (Å²) in [7, 11) is 0. The molecular weight excluding hydrogens is 230 g/mol. The average Bonchev–Trinajstić information content (AvgIpc) is 2.66. The fraction of sp³-hybridized carbons (Fsp3) is 0.750. The molecule has 0 aliphatic heterocycles. The lowest BCUT2D eigenvalue weighted by atomic mass is 10.4. The topological polar surface area (TPSA) is 107 Å². The minimum absolute atomic E-state index is 0.355. The van der Waals surface area contributed by atoms with Gasteiger partial charge in [-0.25, -0.2) is 4.68 Å². The molecule has 3 N–H and O–H groups in total. The van der Waals surface area contributed by atoms with Gasteiger partial charge in [0.1, 0.15) is 6.04 Å². The summed E-state index contributed by atoms with van der Waals surface area (Å²) in [5.74, 6) is 0.701. The molecule has 1 unspecified atom stereocenters. The maximum atomic E-state index is 10.5. The number of thioether (sulfide) groups is 1. The molecule has 1 atom stereocenters. The van der Waals surface area contributed by atoms with Gasteiger partial charge in [0.2, 0.25) is 0 Å². The Balaban J connectivity index is 2.36. The van der Waals surface area contributed by atoms with Crippen molar-refractivity contribution < 1.29 is 9.90 Å². The Morgan fingerprint density at radius 1 is 1.69 bits per heavy atom. The number of aryl methyl sites for hydroxylation is 1. The van der Waals surface area contributed by atoms with E-state index in [4.69, 9.17) is 10.8 Å². The van der Waals surface area contributed by atoms with E-state index in [9.17, 15) is 4.79 Å². The highest BCUT2D eigenvalue weighted by Gasteiger charge is 2.12. The predicted octanol–water partition coefficient (Wildman–Crippen LogP) is -0.272. The molecule has 8 heteroatoms. The second-order valence-electron chi connectivity index (χ2n) is 3.28. The molecule has 0 bridgehead atoms. The third-order valence-corrected chi connectivity index (χ3v) is 2.94. The maximum Gasteiger partial charge on any atom is 0.321 e. The number of tetrazole rings is 1. The summed E-state index contributed by atoms with van der Waals surface area (Å²) in [6.45, 7) is 2.81. The Morgan fingerprint density at radius 2 is 2.44 bits per heavy atom. The first-order chi connectivity index (χ1) is 7.65. The van der Waals surface area contributed by atoms with Crippen LogP contribution in [0.4, 0.5) is 0 Å². The molecule has 0 aliphatic rings. The van der Waals surface area contributed by atoms with E-state index < -0.39 is 12.0 Å². The summed E-state index contributed by atoms with van der Waals surface area (Å²) in [6.07, 6.45) is 0.956. The third-order valence-electron chi connectivity index (χ3n) is 1.89. The quantitative estimate of drug-likeness (QED) is 0.680. The summed E-state index contributed by atoms with van der Waals surface area (Å²) < 4.78 is 1.72. The Bertz CT molecular complexity index is 343. The number of nitrogens with zero attached hydrogens (tertiary/aromatic N) is 4. The summed E-state index contributed by atoms with van der Waals surface area (Å²) in [5, 5.41) is 19.9. The smallest absolute Gasteiger partial charge is 0.321 e. The van der Waals surface area contributed by atoms with Crippen LogP contribution in [0.3, 0.4) is 0 Å². The highest BCUT2D eigenvalue weighted by Crippen LogP contribution is 2.10. The van der Waals surface area contributed by atoms with Crippen LogP contribution in [0.25, 0.3) is 0 Å². The Labute approximate surface area is 97.4 Å². The molecule has 16 heavy (non-hydrogen) atoms. The average molecular weight is 245 g/mol. The van der Waals surface area contributed by atoms with E-state index in [0.29, 0.717) is 11.5 Å². The monoisotopic (exact) mass is 245 g/mol. The van der Waals surface area contributed by atoms with Gasteiger partial charge in [-0.05, 0) is 16.8 Å². The van der Waals surface area contributed by atoms with Crippen LogP contribution in [0.2, 0.25) is 0 Å². The van der Waals surface area contributed by atoms with E-state index in [-0.39, 0.29) is 0 Å². The van der Waals surface area contributed by atoms with Crippen LogP contribution in [-0.4, -0.2) is 43.1 Å². The van der Waals surface area contributed by atoms with Crippen molar-refractivity contribution >= 4 is 17.7 Å². The van der Waals surface area contributed by atoms with Gasteiger partial charge in [-0.3, -0.25) is 4.79 Å². The summed E-state index contributed by atoms with van der Waals surface area (Å²) >= 11 is 1.42. The Kier molecular flexibility index (Phi) is 5.20. The molecular formula is C8H15N5O2S. The molecule has 90 valence electrons. The van der Waals surface area contributed by atoms with Crippen LogP contribution >= 0.6 is 11.8 Å². The molecule has 0 saturated heterocycles. The minimum Gasteiger partial charge on any atom is -0.480 e. The number of carbonyl (C=O) groups is 1. The van der Waals surface area contributed by atoms with E-state index in [1.165, 1.54) is 11.8 Å². The lowest BCUT2D eigenvalue weighted by Crippen LogP contribution is -2.32. The van der Waals surface area contributed by atoms with Crippen LogP contribution in [-0.2, 0) is 17.1 Å². The molecule has 0 fully saturated rings. The van der Waals surface area contributed by atoms with E-state index in [0.717, 1.165) is 18.8 Å². The summed E-state index contributed by atoms with van der Waals surface area (Å²) in [6, 6.07) is -0.833. The SMILES string of the molecule is CCCn1nnnc1CSCC(N)C(=O)O. The van der Waals surface area contributed by atoms with Crippen molar-refractivity contribution in [2.24, 2.45) is 5.73 Å². The molecule has 0 amide bonds. The van der Waals surface area contributed by atoms with Gasteiger partial charge < -0.3 is 10.8 Å². The fourth-order valence-electron chi connectivity index (χ4n) is 1.06. The van der Waals surface area contributed by atoms with Crippen molar-refractivity contribution in [2.45, 2.75) is 31.7 Å². The maximum absolute atomic E-state index is 10.5. The summed E-state index contributed by atoms with van der Waals surface area (Å²) in [4.78, 5) is 10.5. The van der Waals surface area contributed by atoms with Crippen LogP contribution in [0.15, 0.2) is 0 Å². The zero-order valence-electron chi connectivity index (χ0n) is 9.04. The van der Waals surface area contributed by atoms with Gasteiger partial charge in [0.05, 0.1) is 5.75 Å². The number of aliphatic carboxylic acids is 1. The molecule has 0 saturated carbocycles. The molecule has 1 heterocycles. The number of hydrogen-bond donors (Lipinski definition) is 2. The molecule has 0 spiro atoms. The van der Waals surface area contributed by atoms with Crippen molar-refractivity contribution in [1.82, 2.24) is 20.2 Å². The van der Waals surface area contributed by atoms with Gasteiger partial charge in [-0.2, -0.15) is 11.8 Å². The van der Waals surface area contributed by atoms with Crippen molar-refractivity contribution in [3.63, 3.8) is 0 Å². The highest BCUT2D eigenvalue weighted by molar-refractivity contribution is 7.98. The number of rotatable bonds is 7. The van der Waals surface area contributed by atoms with Crippen molar-refractivity contribution in [2.75, 3.05) is 5.75 Å². The number of carboxylic acids is 1. The van der Waals surface area contributed by atoms with Crippen molar-refractivity contribution in [1.29, 1.82) is 0 Å². The first-order valence-electron chi connectivity index (χ1n) is 4.96. The van der Waals surface area contributed by atoms with E-state index in [1.54, 1.807) is 4.68 Å². The van der Waals surface area contributed by atoms with Crippen LogP contribution in [0.1, 0.15) is 19.2 Å². The first-order valence-corrected chi connectivity index (χ1v) is 6.11. The first kappa shape index (κ1) is 12.9. The molecule has 0 aromatic carbocycles. The van der Waals surface area contributed by atoms with E-state index in [1.807, 2.05) is 6.92 Å². The van der Waals surface area contributed by atoms with Gasteiger partial charge in [0, 0.05) is 12.3 Å².